The minimum atomic E-state index is 0.550. The number of pyridine rings is 1. The molecule has 0 saturated heterocycles. The van der Waals surface area contributed by atoms with E-state index in [0.29, 0.717) is 23.8 Å². The second-order valence-corrected chi connectivity index (χ2v) is 6.24. The second kappa shape index (κ2) is 6.23. The number of hydrogen-bond donors (Lipinski definition) is 1. The van der Waals surface area contributed by atoms with Gasteiger partial charge in [-0.25, -0.2) is 4.98 Å². The molecule has 0 unspecified atom stereocenters. The van der Waals surface area contributed by atoms with Gasteiger partial charge in [0.1, 0.15) is 17.6 Å². The van der Waals surface area contributed by atoms with Crippen molar-refractivity contribution in [3.8, 4) is 6.07 Å². The molecule has 3 rings (SSSR count). The normalized spacial score (nSPS) is 13.2. The van der Waals surface area contributed by atoms with Crippen LogP contribution in [0.2, 0.25) is 0 Å². The molecule has 114 valence electrons. The Kier molecular flexibility index (Phi) is 4.15. The quantitative estimate of drug-likeness (QED) is 0.910. The molecule has 1 aliphatic rings. The largest absolute Gasteiger partial charge is 0.467 e. The first-order chi connectivity index (χ1) is 10.7. The van der Waals surface area contributed by atoms with E-state index in [-0.39, 0.29) is 0 Å². The van der Waals surface area contributed by atoms with Crippen molar-refractivity contribution < 1.29 is 4.42 Å². The minimum Gasteiger partial charge on any atom is -0.467 e. The van der Waals surface area contributed by atoms with E-state index in [1.807, 2.05) is 12.1 Å². The lowest BCUT2D eigenvalue weighted by atomic mass is 9.98. The second-order valence-electron chi connectivity index (χ2n) is 6.24. The van der Waals surface area contributed by atoms with Crippen molar-refractivity contribution in [1.29, 1.82) is 5.26 Å². The average molecular weight is 295 g/mol. The van der Waals surface area contributed by atoms with Crippen LogP contribution in [0.25, 0.3) is 0 Å². The minimum absolute atomic E-state index is 0.550. The van der Waals surface area contributed by atoms with E-state index in [1.165, 1.54) is 11.1 Å². The number of furan rings is 1. The molecule has 2 aromatic heterocycles. The van der Waals surface area contributed by atoms with Crippen molar-refractivity contribution >= 4 is 5.82 Å². The van der Waals surface area contributed by atoms with Crippen LogP contribution in [0, 0.1) is 17.2 Å². The van der Waals surface area contributed by atoms with Crippen molar-refractivity contribution in [3.63, 3.8) is 0 Å². The molecule has 0 spiro atoms. The predicted molar refractivity (Wildman–Crippen MR) is 85.6 cm³/mol. The fourth-order valence-corrected chi connectivity index (χ4v) is 3.13. The topological polar surface area (TPSA) is 61.9 Å². The Morgan fingerprint density at radius 3 is 2.86 bits per heavy atom. The maximum absolute atomic E-state index is 9.56. The van der Waals surface area contributed by atoms with Crippen molar-refractivity contribution in [2.75, 3.05) is 5.32 Å². The molecular formula is C18H21N3O. The first kappa shape index (κ1) is 14.6. The van der Waals surface area contributed by atoms with Gasteiger partial charge in [-0.3, -0.25) is 0 Å². The van der Waals surface area contributed by atoms with Crippen molar-refractivity contribution in [1.82, 2.24) is 4.98 Å². The Hall–Kier alpha value is -2.28. The summed E-state index contributed by atoms with van der Waals surface area (Å²) in [6, 6.07) is 6.13. The van der Waals surface area contributed by atoms with Gasteiger partial charge in [-0.05, 0) is 54.9 Å². The van der Waals surface area contributed by atoms with Crippen LogP contribution >= 0.6 is 0 Å². The Labute approximate surface area is 131 Å². The van der Waals surface area contributed by atoms with Crippen molar-refractivity contribution in [3.05, 3.63) is 46.5 Å². The molecule has 0 radical (unpaired) electrons. The van der Waals surface area contributed by atoms with E-state index >= 15 is 0 Å². The fourth-order valence-electron chi connectivity index (χ4n) is 3.13. The van der Waals surface area contributed by atoms with Crippen LogP contribution in [0.5, 0.6) is 0 Å². The molecular weight excluding hydrogens is 274 g/mol. The van der Waals surface area contributed by atoms with E-state index in [1.54, 1.807) is 6.26 Å². The lowest BCUT2D eigenvalue weighted by Gasteiger charge is -2.15. The van der Waals surface area contributed by atoms with Gasteiger partial charge < -0.3 is 9.73 Å². The zero-order chi connectivity index (χ0) is 15.5. The van der Waals surface area contributed by atoms with Crippen LogP contribution in [0.4, 0.5) is 5.82 Å². The van der Waals surface area contributed by atoms with Crippen LogP contribution in [0.3, 0.4) is 0 Å². The Morgan fingerprint density at radius 2 is 2.18 bits per heavy atom. The van der Waals surface area contributed by atoms with Crippen LogP contribution in [-0.4, -0.2) is 4.98 Å². The van der Waals surface area contributed by atoms with Crippen LogP contribution in [0.15, 0.2) is 22.8 Å². The van der Waals surface area contributed by atoms with Gasteiger partial charge in [-0.1, -0.05) is 13.8 Å². The van der Waals surface area contributed by atoms with Crippen molar-refractivity contribution in [2.24, 2.45) is 5.92 Å². The van der Waals surface area contributed by atoms with E-state index in [9.17, 15) is 5.26 Å². The molecule has 4 nitrogen and oxygen atoms in total. The monoisotopic (exact) mass is 295 g/mol. The zero-order valence-electron chi connectivity index (χ0n) is 13.1. The summed E-state index contributed by atoms with van der Waals surface area (Å²) >= 11 is 0. The maximum atomic E-state index is 9.56. The summed E-state index contributed by atoms with van der Waals surface area (Å²) in [7, 11) is 0. The lowest BCUT2D eigenvalue weighted by Crippen LogP contribution is -2.10. The molecule has 1 aliphatic carbocycles. The molecule has 0 atom stereocenters. The third-order valence-corrected chi connectivity index (χ3v) is 4.08. The number of nitrogens with one attached hydrogen (secondary N) is 1. The van der Waals surface area contributed by atoms with Crippen LogP contribution in [0.1, 0.15) is 48.4 Å². The molecule has 0 amide bonds. The van der Waals surface area contributed by atoms with Gasteiger partial charge in [-0.2, -0.15) is 5.26 Å². The summed E-state index contributed by atoms with van der Waals surface area (Å²) < 4.78 is 5.34. The fraction of sp³-hybridized carbons (Fsp3) is 0.444. The highest BCUT2D eigenvalue weighted by Crippen LogP contribution is 2.32. The summed E-state index contributed by atoms with van der Waals surface area (Å²) in [4.78, 5) is 4.78. The molecule has 1 N–H and O–H groups in total. The number of hydrogen-bond acceptors (Lipinski definition) is 4. The van der Waals surface area contributed by atoms with Gasteiger partial charge >= 0.3 is 0 Å². The smallest absolute Gasteiger partial charge is 0.144 e. The van der Waals surface area contributed by atoms with Gasteiger partial charge in [0.15, 0.2) is 0 Å². The van der Waals surface area contributed by atoms with Crippen LogP contribution < -0.4 is 5.32 Å². The van der Waals surface area contributed by atoms with Gasteiger partial charge in [-0.15, -0.1) is 0 Å². The SMILES string of the molecule is CC(C)Cc1nc(NCc2ccco2)c(C#N)c2c1CCC2. The third-order valence-electron chi connectivity index (χ3n) is 4.08. The molecule has 4 heteroatoms. The molecule has 0 fully saturated rings. The first-order valence-electron chi connectivity index (χ1n) is 7.90. The molecule has 0 aliphatic heterocycles. The molecule has 22 heavy (non-hydrogen) atoms. The number of nitriles is 1. The Balaban J connectivity index is 1.95. The van der Waals surface area contributed by atoms with E-state index in [2.05, 4.69) is 25.2 Å². The molecule has 2 heterocycles. The number of rotatable bonds is 5. The summed E-state index contributed by atoms with van der Waals surface area (Å²) in [5.74, 6) is 2.11. The van der Waals surface area contributed by atoms with E-state index in [4.69, 9.17) is 9.40 Å². The van der Waals surface area contributed by atoms with Gasteiger partial charge in [0, 0.05) is 5.69 Å². The van der Waals surface area contributed by atoms with E-state index in [0.717, 1.165) is 37.1 Å². The molecule has 2 aromatic rings. The highest BCUT2D eigenvalue weighted by Gasteiger charge is 2.23. The Bertz CT molecular complexity index is 696. The van der Waals surface area contributed by atoms with Crippen LogP contribution in [-0.2, 0) is 25.8 Å². The molecule has 0 bridgehead atoms. The number of fused-ring (bicyclic) bond motifs is 1. The van der Waals surface area contributed by atoms with Gasteiger partial charge in [0.25, 0.3) is 0 Å². The van der Waals surface area contributed by atoms with Gasteiger partial charge in [0.05, 0.1) is 18.4 Å². The summed E-state index contributed by atoms with van der Waals surface area (Å²) in [6.45, 7) is 4.96. The first-order valence-corrected chi connectivity index (χ1v) is 7.90. The standard InChI is InChI=1S/C18H21N3O/c1-12(2)9-17-15-7-3-6-14(15)16(10-19)18(21-17)20-11-13-5-4-8-22-13/h4-5,8,12H,3,6-7,9,11H2,1-2H3,(H,20,21). The highest BCUT2D eigenvalue weighted by molar-refractivity contribution is 5.61. The average Bonchev–Trinajstić information content (AvgIpc) is 3.16. The van der Waals surface area contributed by atoms with E-state index < -0.39 is 0 Å². The predicted octanol–water partition coefficient (Wildman–Crippen LogP) is 3.85. The third kappa shape index (κ3) is 2.85. The molecule has 0 saturated carbocycles. The molecule has 0 aromatic carbocycles. The summed E-state index contributed by atoms with van der Waals surface area (Å²) in [5.41, 5.74) is 4.39. The number of anilines is 1. The lowest BCUT2D eigenvalue weighted by molar-refractivity contribution is 0.517. The number of aromatic nitrogens is 1. The Morgan fingerprint density at radius 1 is 1.36 bits per heavy atom. The highest BCUT2D eigenvalue weighted by atomic mass is 16.3. The maximum Gasteiger partial charge on any atom is 0.144 e. The zero-order valence-corrected chi connectivity index (χ0v) is 13.1. The summed E-state index contributed by atoms with van der Waals surface area (Å²) in [6.07, 6.45) is 5.78. The van der Waals surface area contributed by atoms with Crippen molar-refractivity contribution in [2.45, 2.75) is 46.1 Å². The summed E-state index contributed by atoms with van der Waals surface area (Å²) in [5, 5.41) is 12.8. The number of nitrogens with zero attached hydrogens (tertiary/aromatic N) is 2. The van der Waals surface area contributed by atoms with Gasteiger partial charge in [0.2, 0.25) is 0 Å².